The van der Waals surface area contributed by atoms with Crippen molar-refractivity contribution in [3.63, 3.8) is 0 Å². The molecule has 0 heterocycles. The van der Waals surface area contributed by atoms with Crippen molar-refractivity contribution in [1.82, 2.24) is 0 Å². The first-order chi connectivity index (χ1) is 7.00. The fourth-order valence-corrected chi connectivity index (χ4v) is 1.57. The van der Waals surface area contributed by atoms with Crippen LogP contribution in [-0.2, 0) is 10.1 Å². The minimum Gasteiger partial charge on any atom is -0.282 e. The summed E-state index contributed by atoms with van der Waals surface area (Å²) in [5.74, 6) is 0. The quantitative estimate of drug-likeness (QED) is 0.696. The predicted molar refractivity (Wildman–Crippen MR) is 60.8 cm³/mol. The Hall–Kier alpha value is -1.39. The van der Waals surface area contributed by atoms with Crippen LogP contribution in [0, 0.1) is 0 Å². The molecule has 0 aromatic heterocycles. The standard InChI is InChI=1S/C11H12O3S/c1-10-6-4-2-3-5-7-11(9-8-10)15(12,13)14/h2-4,6-9H,1,5H2,(H,12,13,14)/b3-2-,6-4-,9-8?,11-7+. The largest absolute Gasteiger partial charge is 0.294 e. The van der Waals surface area contributed by atoms with E-state index >= 15 is 0 Å². The molecular formula is C11H12O3S. The molecule has 1 rings (SSSR count). The third-order valence-electron chi connectivity index (χ3n) is 1.77. The number of allylic oxidation sites excluding steroid dienone is 8. The smallest absolute Gasteiger partial charge is 0.282 e. The summed E-state index contributed by atoms with van der Waals surface area (Å²) < 4.78 is 30.7. The summed E-state index contributed by atoms with van der Waals surface area (Å²) in [6.07, 6.45) is 11.9. The van der Waals surface area contributed by atoms with Crippen molar-refractivity contribution < 1.29 is 13.0 Å². The van der Waals surface area contributed by atoms with Crippen LogP contribution in [0.5, 0.6) is 0 Å². The molecule has 0 aliphatic heterocycles. The summed E-state index contributed by atoms with van der Waals surface area (Å²) in [6, 6.07) is 0. The van der Waals surface area contributed by atoms with Crippen molar-refractivity contribution >= 4 is 10.1 Å². The lowest BCUT2D eigenvalue weighted by molar-refractivity contribution is 0.492. The third-order valence-corrected chi connectivity index (χ3v) is 2.67. The first-order valence-corrected chi connectivity index (χ1v) is 5.82. The van der Waals surface area contributed by atoms with E-state index in [1.807, 2.05) is 6.08 Å². The van der Waals surface area contributed by atoms with Crippen molar-refractivity contribution in [1.29, 1.82) is 0 Å². The molecular weight excluding hydrogens is 212 g/mol. The van der Waals surface area contributed by atoms with Gasteiger partial charge in [-0.15, -0.1) is 0 Å². The van der Waals surface area contributed by atoms with Gasteiger partial charge in [0.05, 0.1) is 4.91 Å². The fraction of sp³-hybridized carbons (Fsp3) is 0.0909. The molecule has 15 heavy (non-hydrogen) atoms. The van der Waals surface area contributed by atoms with E-state index in [1.54, 1.807) is 18.2 Å². The topological polar surface area (TPSA) is 54.4 Å². The van der Waals surface area contributed by atoms with Gasteiger partial charge in [0.1, 0.15) is 0 Å². The maximum Gasteiger partial charge on any atom is 0.294 e. The minimum absolute atomic E-state index is 0.108. The molecule has 0 aromatic carbocycles. The van der Waals surface area contributed by atoms with Crippen LogP contribution < -0.4 is 0 Å². The average Bonchev–Trinajstić information content (AvgIpc) is 2.14. The highest BCUT2D eigenvalue weighted by atomic mass is 32.2. The molecule has 0 bridgehead atoms. The second-order valence-electron chi connectivity index (χ2n) is 3.01. The average molecular weight is 224 g/mol. The van der Waals surface area contributed by atoms with Crippen LogP contribution in [0.25, 0.3) is 0 Å². The number of hydrogen-bond donors (Lipinski definition) is 1. The van der Waals surface area contributed by atoms with Gasteiger partial charge in [0.2, 0.25) is 0 Å². The number of rotatable bonds is 1. The summed E-state index contributed by atoms with van der Waals surface area (Å²) in [4.78, 5) is -0.108. The lowest BCUT2D eigenvalue weighted by Gasteiger charge is -1.98. The number of hydrogen-bond acceptors (Lipinski definition) is 2. The molecule has 0 atom stereocenters. The Morgan fingerprint density at radius 1 is 1.20 bits per heavy atom. The van der Waals surface area contributed by atoms with E-state index in [4.69, 9.17) is 4.55 Å². The second kappa shape index (κ2) is 4.91. The molecule has 80 valence electrons. The minimum atomic E-state index is -4.14. The van der Waals surface area contributed by atoms with Gasteiger partial charge in [-0.1, -0.05) is 43.0 Å². The summed E-state index contributed by atoms with van der Waals surface area (Å²) in [5, 5.41) is 0. The summed E-state index contributed by atoms with van der Waals surface area (Å²) >= 11 is 0. The highest BCUT2D eigenvalue weighted by molar-refractivity contribution is 7.90. The van der Waals surface area contributed by atoms with E-state index in [1.165, 1.54) is 18.2 Å². The Kier molecular flexibility index (Phi) is 3.82. The van der Waals surface area contributed by atoms with E-state index in [2.05, 4.69) is 6.58 Å². The van der Waals surface area contributed by atoms with Gasteiger partial charge in [0.25, 0.3) is 10.1 Å². The highest BCUT2D eigenvalue weighted by Gasteiger charge is 2.09. The Balaban J connectivity index is 3.07. The van der Waals surface area contributed by atoms with Crippen LogP contribution in [0.4, 0.5) is 0 Å². The van der Waals surface area contributed by atoms with Gasteiger partial charge < -0.3 is 0 Å². The molecule has 0 unspecified atom stereocenters. The van der Waals surface area contributed by atoms with E-state index in [0.717, 1.165) is 0 Å². The fourth-order valence-electron chi connectivity index (χ4n) is 1.02. The molecule has 0 amide bonds. The van der Waals surface area contributed by atoms with E-state index < -0.39 is 10.1 Å². The van der Waals surface area contributed by atoms with Crippen LogP contribution in [-0.4, -0.2) is 13.0 Å². The van der Waals surface area contributed by atoms with Crippen LogP contribution in [0.15, 0.2) is 59.6 Å². The van der Waals surface area contributed by atoms with Crippen LogP contribution >= 0.6 is 0 Å². The van der Waals surface area contributed by atoms with E-state index in [9.17, 15) is 8.42 Å². The molecule has 1 aliphatic carbocycles. The van der Waals surface area contributed by atoms with Gasteiger partial charge in [-0.25, -0.2) is 0 Å². The van der Waals surface area contributed by atoms with Gasteiger partial charge in [-0.3, -0.25) is 4.55 Å². The Morgan fingerprint density at radius 2 is 1.93 bits per heavy atom. The first-order valence-electron chi connectivity index (χ1n) is 4.38. The zero-order valence-corrected chi connectivity index (χ0v) is 8.94. The van der Waals surface area contributed by atoms with Crippen molar-refractivity contribution in [2.75, 3.05) is 0 Å². The summed E-state index contributed by atoms with van der Waals surface area (Å²) in [6.45, 7) is 3.69. The molecule has 0 saturated carbocycles. The molecule has 0 radical (unpaired) electrons. The highest BCUT2D eigenvalue weighted by Crippen LogP contribution is 2.11. The second-order valence-corrected chi connectivity index (χ2v) is 4.43. The van der Waals surface area contributed by atoms with Gasteiger partial charge in [-0.2, -0.15) is 8.42 Å². The van der Waals surface area contributed by atoms with E-state index in [0.29, 0.717) is 12.0 Å². The van der Waals surface area contributed by atoms with Crippen LogP contribution in [0.2, 0.25) is 0 Å². The maximum absolute atomic E-state index is 10.9. The van der Waals surface area contributed by atoms with Crippen LogP contribution in [0.3, 0.4) is 0 Å². The molecule has 3 nitrogen and oxygen atoms in total. The third kappa shape index (κ3) is 4.10. The molecule has 0 aromatic rings. The van der Waals surface area contributed by atoms with Crippen molar-refractivity contribution in [2.45, 2.75) is 6.42 Å². The van der Waals surface area contributed by atoms with Crippen molar-refractivity contribution in [3.8, 4) is 0 Å². The molecule has 0 spiro atoms. The zero-order valence-electron chi connectivity index (χ0n) is 8.13. The molecule has 0 fully saturated rings. The molecule has 1 aliphatic rings. The normalized spacial score (nSPS) is 25.4. The summed E-state index contributed by atoms with van der Waals surface area (Å²) in [7, 11) is -4.14. The maximum atomic E-state index is 10.9. The molecule has 4 heteroatoms. The van der Waals surface area contributed by atoms with Gasteiger partial charge >= 0.3 is 0 Å². The SMILES string of the molecule is C=C1C=C/C(S(=O)(=O)O)=C\C/C=C\C=C/1. The Labute approximate surface area is 89.6 Å². The first kappa shape index (κ1) is 11.7. The zero-order chi connectivity index (χ0) is 11.3. The van der Waals surface area contributed by atoms with E-state index in [-0.39, 0.29) is 4.91 Å². The monoisotopic (exact) mass is 224 g/mol. The Bertz CT molecular complexity index is 462. The van der Waals surface area contributed by atoms with Gasteiger partial charge in [0, 0.05) is 0 Å². The van der Waals surface area contributed by atoms with Crippen molar-refractivity contribution in [3.05, 3.63) is 59.6 Å². The van der Waals surface area contributed by atoms with Crippen LogP contribution in [0.1, 0.15) is 6.42 Å². The van der Waals surface area contributed by atoms with Gasteiger partial charge in [-0.05, 0) is 18.1 Å². The molecule has 0 saturated heterocycles. The lowest BCUT2D eigenvalue weighted by atomic mass is 10.2. The Morgan fingerprint density at radius 3 is 2.60 bits per heavy atom. The summed E-state index contributed by atoms with van der Waals surface area (Å²) in [5.41, 5.74) is 0.663. The predicted octanol–water partition coefficient (Wildman–Crippen LogP) is 2.39. The van der Waals surface area contributed by atoms with Crippen molar-refractivity contribution in [2.24, 2.45) is 0 Å². The molecule has 1 N–H and O–H groups in total. The van der Waals surface area contributed by atoms with Gasteiger partial charge in [0.15, 0.2) is 0 Å². The lowest BCUT2D eigenvalue weighted by Crippen LogP contribution is -1.99.